The Morgan fingerprint density at radius 1 is 0.949 bits per heavy atom. The molecule has 0 radical (unpaired) electrons. The lowest BCUT2D eigenvalue weighted by Gasteiger charge is -2.31. The number of rotatable bonds is 4. The lowest BCUT2D eigenvalue weighted by molar-refractivity contribution is 0.194. The summed E-state index contributed by atoms with van der Waals surface area (Å²) in [5.41, 5.74) is 9.25. The maximum absolute atomic E-state index is 14.2. The molecule has 6 rings (SSSR count). The van der Waals surface area contributed by atoms with Crippen LogP contribution in [-0.2, 0) is 13.0 Å². The molecule has 1 aliphatic rings. The van der Waals surface area contributed by atoms with Crippen molar-refractivity contribution >= 4 is 11.7 Å². The number of carbonyl (C=O) groups excluding carboxylic acids is 1. The Labute approximate surface area is 229 Å². The van der Waals surface area contributed by atoms with Crippen molar-refractivity contribution in [3.63, 3.8) is 0 Å². The third kappa shape index (κ3) is 4.42. The van der Waals surface area contributed by atoms with Crippen molar-refractivity contribution < 1.29 is 4.79 Å². The van der Waals surface area contributed by atoms with Gasteiger partial charge in [-0.25, -0.2) is 9.48 Å². The molecule has 2 aromatic heterocycles. The fraction of sp³-hybridized carbons (Fsp3) is 0.212. The minimum absolute atomic E-state index is 0.138. The molecule has 0 bridgehead atoms. The van der Waals surface area contributed by atoms with E-state index < -0.39 is 0 Å². The van der Waals surface area contributed by atoms with Crippen LogP contribution in [-0.4, -0.2) is 25.3 Å². The number of aromatic nitrogens is 3. The molecule has 0 fully saturated rings. The molecule has 0 spiro atoms. The van der Waals surface area contributed by atoms with Gasteiger partial charge in [0.25, 0.3) is 0 Å². The van der Waals surface area contributed by atoms with Gasteiger partial charge in [-0.3, -0.25) is 0 Å². The van der Waals surface area contributed by atoms with Crippen LogP contribution >= 0.6 is 0 Å². The van der Waals surface area contributed by atoms with E-state index in [4.69, 9.17) is 5.10 Å². The summed E-state index contributed by atoms with van der Waals surface area (Å²) in [5, 5.41) is 8.18. The van der Waals surface area contributed by atoms with Gasteiger partial charge < -0.3 is 14.8 Å². The van der Waals surface area contributed by atoms with E-state index in [1.807, 2.05) is 60.7 Å². The second kappa shape index (κ2) is 9.95. The minimum Gasteiger partial charge on any atom is -0.308 e. The van der Waals surface area contributed by atoms with Crippen molar-refractivity contribution in [1.82, 2.24) is 19.2 Å². The number of urea groups is 1. The van der Waals surface area contributed by atoms with E-state index in [9.17, 15) is 4.79 Å². The molecule has 1 atom stereocenters. The zero-order chi connectivity index (χ0) is 27.1. The predicted octanol–water partition coefficient (Wildman–Crippen LogP) is 7.29. The van der Waals surface area contributed by atoms with E-state index in [0.717, 1.165) is 57.3 Å². The minimum atomic E-state index is -0.285. The van der Waals surface area contributed by atoms with Crippen LogP contribution < -0.4 is 5.32 Å². The molecule has 2 amide bonds. The van der Waals surface area contributed by atoms with Gasteiger partial charge in [0, 0.05) is 17.4 Å². The van der Waals surface area contributed by atoms with E-state index in [2.05, 4.69) is 77.6 Å². The maximum Gasteiger partial charge on any atom is 0.322 e. The van der Waals surface area contributed by atoms with Crippen LogP contribution in [0.4, 0.5) is 10.5 Å². The van der Waals surface area contributed by atoms with Gasteiger partial charge in [0.05, 0.1) is 29.7 Å². The molecule has 1 unspecified atom stereocenters. The monoisotopic (exact) mass is 515 g/mol. The summed E-state index contributed by atoms with van der Waals surface area (Å²) in [4.78, 5) is 16.1. The number of hydrogen-bond acceptors (Lipinski definition) is 2. The summed E-state index contributed by atoms with van der Waals surface area (Å²) in [6.07, 6.45) is 3.05. The smallest absolute Gasteiger partial charge is 0.308 e. The fourth-order valence-corrected chi connectivity index (χ4v) is 5.49. The molecule has 3 heterocycles. The highest BCUT2D eigenvalue weighted by atomic mass is 16.2. The highest BCUT2D eigenvalue weighted by molar-refractivity contribution is 5.91. The largest absolute Gasteiger partial charge is 0.322 e. The average molecular weight is 516 g/mol. The molecule has 0 saturated heterocycles. The summed E-state index contributed by atoms with van der Waals surface area (Å²) in [6, 6.07) is 28.7. The summed E-state index contributed by atoms with van der Waals surface area (Å²) in [5.74, 6) is 0.968. The lowest BCUT2D eigenvalue weighted by Crippen LogP contribution is -2.38. The molecule has 0 aliphatic carbocycles. The van der Waals surface area contributed by atoms with Gasteiger partial charge in [-0.05, 0) is 79.8 Å². The predicted molar refractivity (Wildman–Crippen MR) is 156 cm³/mol. The van der Waals surface area contributed by atoms with Gasteiger partial charge in [0.2, 0.25) is 0 Å². The number of hydrogen-bond donors (Lipinski definition) is 1. The number of para-hydroxylation sites is 1. The number of anilines is 1. The SMILES string of the molecule is CCc1ccc(C2c3cccn3-c3c(c(C)nn3-c3ccccc3)CN2C(=O)Nc2cc(C)ccc2C)cc1. The van der Waals surface area contributed by atoms with Crippen LogP contribution in [0.25, 0.3) is 11.5 Å². The van der Waals surface area contributed by atoms with Crippen molar-refractivity contribution in [3.8, 4) is 11.5 Å². The molecule has 0 saturated carbocycles. The molecule has 3 aromatic carbocycles. The van der Waals surface area contributed by atoms with Crippen molar-refractivity contribution in [3.05, 3.63) is 130 Å². The Morgan fingerprint density at radius 3 is 2.46 bits per heavy atom. The van der Waals surface area contributed by atoms with Crippen LogP contribution in [0.1, 0.15) is 52.2 Å². The first-order chi connectivity index (χ1) is 18.9. The molecule has 6 heteroatoms. The maximum atomic E-state index is 14.2. The Hall–Kier alpha value is -4.58. The van der Waals surface area contributed by atoms with Gasteiger partial charge in [-0.1, -0.05) is 61.5 Å². The van der Waals surface area contributed by atoms with E-state index in [-0.39, 0.29) is 12.1 Å². The molecule has 1 aliphatic heterocycles. The van der Waals surface area contributed by atoms with Crippen LogP contribution in [0.5, 0.6) is 0 Å². The third-order valence-corrected chi connectivity index (χ3v) is 7.69. The second-order valence-electron chi connectivity index (χ2n) is 10.3. The van der Waals surface area contributed by atoms with Gasteiger partial charge in [0.15, 0.2) is 0 Å². The van der Waals surface area contributed by atoms with Crippen molar-refractivity contribution in [2.24, 2.45) is 0 Å². The number of benzene rings is 3. The summed E-state index contributed by atoms with van der Waals surface area (Å²) < 4.78 is 4.20. The number of fused-ring (bicyclic) bond motifs is 3. The third-order valence-electron chi connectivity index (χ3n) is 7.69. The molecule has 39 heavy (non-hydrogen) atoms. The molecule has 196 valence electrons. The van der Waals surface area contributed by atoms with Crippen LogP contribution in [0, 0.1) is 20.8 Å². The first kappa shape index (κ1) is 24.7. The first-order valence-corrected chi connectivity index (χ1v) is 13.5. The van der Waals surface area contributed by atoms with Gasteiger partial charge in [0.1, 0.15) is 5.82 Å². The quantitative estimate of drug-likeness (QED) is 0.273. The molecular formula is C33H33N5O. The highest BCUT2D eigenvalue weighted by Crippen LogP contribution is 2.39. The zero-order valence-electron chi connectivity index (χ0n) is 22.8. The first-order valence-electron chi connectivity index (χ1n) is 13.5. The van der Waals surface area contributed by atoms with Crippen molar-refractivity contribution in [1.29, 1.82) is 0 Å². The normalized spacial score (nSPS) is 14.5. The van der Waals surface area contributed by atoms with E-state index in [1.54, 1.807) is 0 Å². The highest BCUT2D eigenvalue weighted by Gasteiger charge is 2.36. The van der Waals surface area contributed by atoms with Gasteiger partial charge >= 0.3 is 6.03 Å². The Balaban J connectivity index is 1.53. The van der Waals surface area contributed by atoms with Gasteiger partial charge in [-0.15, -0.1) is 0 Å². The van der Waals surface area contributed by atoms with Gasteiger partial charge in [-0.2, -0.15) is 5.10 Å². The van der Waals surface area contributed by atoms with Crippen LogP contribution in [0.2, 0.25) is 0 Å². The Morgan fingerprint density at radius 2 is 1.72 bits per heavy atom. The summed E-state index contributed by atoms with van der Waals surface area (Å²) >= 11 is 0. The lowest BCUT2D eigenvalue weighted by atomic mass is 9.99. The summed E-state index contributed by atoms with van der Waals surface area (Å²) in [6.45, 7) is 8.67. The second-order valence-corrected chi connectivity index (χ2v) is 10.3. The van der Waals surface area contributed by atoms with Crippen LogP contribution in [0.15, 0.2) is 91.1 Å². The van der Waals surface area contributed by atoms with E-state index >= 15 is 0 Å². The van der Waals surface area contributed by atoms with E-state index in [0.29, 0.717) is 6.54 Å². The van der Waals surface area contributed by atoms with Crippen LogP contribution in [0.3, 0.4) is 0 Å². The Kier molecular flexibility index (Phi) is 6.31. The molecule has 6 nitrogen and oxygen atoms in total. The summed E-state index contributed by atoms with van der Waals surface area (Å²) in [7, 11) is 0. The van der Waals surface area contributed by atoms with E-state index in [1.165, 1.54) is 5.56 Å². The van der Waals surface area contributed by atoms with Crippen molar-refractivity contribution in [2.75, 3.05) is 5.32 Å². The molecular weight excluding hydrogens is 482 g/mol. The number of carbonyl (C=O) groups is 1. The average Bonchev–Trinajstić information content (AvgIpc) is 3.51. The number of nitrogens with one attached hydrogen (secondary N) is 1. The standard InChI is InChI=1S/C33H33N5O/c1-5-25-15-17-26(18-16-25)31-30-12-9-19-36(30)32-28(24(4)35-38(32)27-10-7-6-8-11-27)21-37(31)33(39)34-29-20-22(2)13-14-23(29)3/h6-20,31H,5,21H2,1-4H3,(H,34,39). The van der Waals surface area contributed by atoms with Crippen molar-refractivity contribution in [2.45, 2.75) is 46.7 Å². The number of amides is 2. The Bertz CT molecular complexity index is 1650. The molecule has 5 aromatic rings. The fourth-order valence-electron chi connectivity index (χ4n) is 5.49. The topological polar surface area (TPSA) is 55.1 Å². The number of nitrogens with zero attached hydrogens (tertiary/aromatic N) is 4. The molecule has 1 N–H and O–H groups in total. The number of aryl methyl sites for hydroxylation is 4. The zero-order valence-corrected chi connectivity index (χ0v) is 22.8.